The molecule has 0 saturated heterocycles. The monoisotopic (exact) mass is 97.1 g/mol. The number of hydrogen-bond acceptors (Lipinski definition) is 0. The van der Waals surface area contributed by atoms with Crippen molar-refractivity contribution in [2.24, 2.45) is 5.92 Å². The first-order valence-electron chi connectivity index (χ1n) is 3.13. The van der Waals surface area contributed by atoms with Crippen LogP contribution in [0.5, 0.6) is 0 Å². The zero-order valence-electron chi connectivity index (χ0n) is 5.20. The van der Waals surface area contributed by atoms with Crippen LogP contribution in [0.2, 0.25) is 0 Å². The minimum absolute atomic E-state index is 0.931. The van der Waals surface area contributed by atoms with E-state index in [-0.39, 0.29) is 0 Å². The molecule has 0 heteroatoms. The van der Waals surface area contributed by atoms with Crippen LogP contribution in [0.15, 0.2) is 0 Å². The molecule has 0 nitrogen and oxygen atoms in total. The Balaban J connectivity index is 2.33. The van der Waals surface area contributed by atoms with Gasteiger partial charge in [0.25, 0.3) is 0 Å². The van der Waals surface area contributed by atoms with E-state index in [0.29, 0.717) is 0 Å². The molecule has 1 radical (unpaired) electrons. The predicted octanol–water partition coefficient (Wildman–Crippen LogP) is 2.40. The fourth-order valence-corrected chi connectivity index (χ4v) is 1.18. The smallest absolute Gasteiger partial charge is 0.0244 e. The summed E-state index contributed by atoms with van der Waals surface area (Å²) in [4.78, 5) is 0. The van der Waals surface area contributed by atoms with E-state index >= 15 is 0 Å². The topological polar surface area (TPSA) is 0 Å². The Kier molecular flexibility index (Phi) is 1.36. The predicted molar refractivity (Wildman–Crippen MR) is 31.9 cm³/mol. The van der Waals surface area contributed by atoms with E-state index in [1.807, 2.05) is 0 Å². The lowest BCUT2D eigenvalue weighted by atomic mass is 10.0. The van der Waals surface area contributed by atoms with E-state index in [9.17, 15) is 0 Å². The zero-order chi connectivity index (χ0) is 5.28. The second-order valence-corrected chi connectivity index (χ2v) is 2.64. The SMILES string of the molecule is C[C]1CCCC1C. The molecule has 1 atom stereocenters. The van der Waals surface area contributed by atoms with E-state index in [2.05, 4.69) is 13.8 Å². The Bertz CT molecular complexity index is 49.1. The zero-order valence-corrected chi connectivity index (χ0v) is 5.20. The van der Waals surface area contributed by atoms with Gasteiger partial charge in [0.2, 0.25) is 0 Å². The summed E-state index contributed by atoms with van der Waals surface area (Å²) in [6, 6.07) is 0. The van der Waals surface area contributed by atoms with Crippen LogP contribution >= 0.6 is 0 Å². The first kappa shape index (κ1) is 5.14. The summed E-state index contributed by atoms with van der Waals surface area (Å²) in [5.74, 6) is 2.64. The molecular formula is C7H13. The van der Waals surface area contributed by atoms with Gasteiger partial charge in [0.1, 0.15) is 0 Å². The van der Waals surface area contributed by atoms with Gasteiger partial charge >= 0.3 is 0 Å². The molecule has 0 aromatic rings. The second-order valence-electron chi connectivity index (χ2n) is 2.64. The van der Waals surface area contributed by atoms with Crippen molar-refractivity contribution in [3.63, 3.8) is 0 Å². The van der Waals surface area contributed by atoms with Gasteiger partial charge in [0.15, 0.2) is 0 Å². The molecule has 0 amide bonds. The first-order chi connectivity index (χ1) is 3.30. The molecule has 0 aromatic carbocycles. The highest BCUT2D eigenvalue weighted by Gasteiger charge is 2.18. The normalized spacial score (nSPS) is 34.3. The van der Waals surface area contributed by atoms with Gasteiger partial charge in [-0.2, -0.15) is 0 Å². The molecule has 1 rings (SSSR count). The van der Waals surface area contributed by atoms with Crippen molar-refractivity contribution in [2.75, 3.05) is 0 Å². The summed E-state index contributed by atoms with van der Waals surface area (Å²) >= 11 is 0. The molecule has 0 spiro atoms. The van der Waals surface area contributed by atoms with Crippen molar-refractivity contribution in [1.82, 2.24) is 0 Å². The summed E-state index contributed by atoms with van der Waals surface area (Å²) in [7, 11) is 0. The van der Waals surface area contributed by atoms with Crippen molar-refractivity contribution >= 4 is 0 Å². The van der Waals surface area contributed by atoms with Crippen LogP contribution in [0.3, 0.4) is 0 Å². The van der Waals surface area contributed by atoms with Crippen LogP contribution in [-0.4, -0.2) is 0 Å². The molecule has 0 N–H and O–H groups in total. The first-order valence-corrected chi connectivity index (χ1v) is 3.13. The van der Waals surface area contributed by atoms with Crippen molar-refractivity contribution in [3.8, 4) is 0 Å². The standard InChI is InChI=1S/C7H13/c1-6-4-3-5-7(6)2/h6H,3-5H2,1-2H3. The molecule has 7 heavy (non-hydrogen) atoms. The van der Waals surface area contributed by atoms with Crippen molar-refractivity contribution in [3.05, 3.63) is 5.92 Å². The van der Waals surface area contributed by atoms with E-state index in [1.165, 1.54) is 19.3 Å². The van der Waals surface area contributed by atoms with E-state index in [0.717, 1.165) is 5.92 Å². The van der Waals surface area contributed by atoms with E-state index < -0.39 is 0 Å². The lowest BCUT2D eigenvalue weighted by Gasteiger charge is -2.04. The molecule has 1 saturated carbocycles. The average Bonchev–Trinajstić information content (AvgIpc) is 1.91. The third-order valence-electron chi connectivity index (χ3n) is 2.05. The van der Waals surface area contributed by atoms with Crippen LogP contribution in [0, 0.1) is 11.8 Å². The Morgan fingerprint density at radius 2 is 2.29 bits per heavy atom. The highest BCUT2D eigenvalue weighted by molar-refractivity contribution is 4.94. The fourth-order valence-electron chi connectivity index (χ4n) is 1.18. The quantitative estimate of drug-likeness (QED) is 0.435. The Morgan fingerprint density at radius 3 is 2.43 bits per heavy atom. The van der Waals surface area contributed by atoms with Gasteiger partial charge in [-0.15, -0.1) is 0 Å². The number of rotatable bonds is 0. The van der Waals surface area contributed by atoms with E-state index in [1.54, 1.807) is 5.92 Å². The van der Waals surface area contributed by atoms with Gasteiger partial charge in [0, 0.05) is 0 Å². The maximum Gasteiger partial charge on any atom is -0.0244 e. The molecule has 0 heterocycles. The minimum Gasteiger partial charge on any atom is -0.0620 e. The Labute approximate surface area is 45.9 Å². The van der Waals surface area contributed by atoms with Crippen LogP contribution in [0.1, 0.15) is 33.1 Å². The average molecular weight is 97.2 g/mol. The van der Waals surface area contributed by atoms with Gasteiger partial charge in [-0.25, -0.2) is 0 Å². The van der Waals surface area contributed by atoms with Crippen molar-refractivity contribution in [1.29, 1.82) is 0 Å². The number of hydrogen-bond donors (Lipinski definition) is 0. The minimum atomic E-state index is 0.931. The summed E-state index contributed by atoms with van der Waals surface area (Å²) < 4.78 is 0. The molecule has 0 bridgehead atoms. The largest absolute Gasteiger partial charge is 0.0620 e. The summed E-state index contributed by atoms with van der Waals surface area (Å²) in [6.07, 6.45) is 4.26. The highest BCUT2D eigenvalue weighted by atomic mass is 14.2. The maximum atomic E-state index is 2.32. The van der Waals surface area contributed by atoms with Crippen LogP contribution in [-0.2, 0) is 0 Å². The molecule has 0 aliphatic heterocycles. The summed E-state index contributed by atoms with van der Waals surface area (Å²) in [5.41, 5.74) is 0. The van der Waals surface area contributed by atoms with Gasteiger partial charge < -0.3 is 0 Å². The van der Waals surface area contributed by atoms with Gasteiger partial charge in [-0.05, 0) is 18.3 Å². The third-order valence-corrected chi connectivity index (χ3v) is 2.05. The van der Waals surface area contributed by atoms with Crippen molar-refractivity contribution in [2.45, 2.75) is 33.1 Å². The molecule has 1 aliphatic carbocycles. The lowest BCUT2D eigenvalue weighted by molar-refractivity contribution is 0.645. The van der Waals surface area contributed by atoms with Crippen molar-refractivity contribution < 1.29 is 0 Å². The van der Waals surface area contributed by atoms with Gasteiger partial charge in [-0.1, -0.05) is 26.7 Å². The maximum absolute atomic E-state index is 2.32. The molecule has 1 unspecified atom stereocenters. The fraction of sp³-hybridized carbons (Fsp3) is 0.857. The molecule has 0 aromatic heterocycles. The summed E-state index contributed by atoms with van der Waals surface area (Å²) in [5, 5.41) is 0. The third kappa shape index (κ3) is 0.960. The molecule has 1 aliphatic rings. The van der Waals surface area contributed by atoms with Crippen LogP contribution in [0.4, 0.5) is 0 Å². The lowest BCUT2D eigenvalue weighted by Crippen LogP contribution is -1.93. The van der Waals surface area contributed by atoms with Gasteiger partial charge in [0.05, 0.1) is 0 Å². The molecular weight excluding hydrogens is 84.1 g/mol. The highest BCUT2D eigenvalue weighted by Crippen LogP contribution is 2.31. The molecule has 41 valence electrons. The van der Waals surface area contributed by atoms with Crippen LogP contribution in [0.25, 0.3) is 0 Å². The summed E-state index contributed by atoms with van der Waals surface area (Å²) in [6.45, 7) is 4.60. The molecule has 1 fully saturated rings. The Hall–Kier alpha value is 0. The van der Waals surface area contributed by atoms with E-state index in [4.69, 9.17) is 0 Å². The Morgan fingerprint density at radius 1 is 1.57 bits per heavy atom. The van der Waals surface area contributed by atoms with Gasteiger partial charge in [-0.3, -0.25) is 0 Å². The van der Waals surface area contributed by atoms with Crippen LogP contribution < -0.4 is 0 Å². The second kappa shape index (κ2) is 1.85.